The first kappa shape index (κ1) is 15.9. The van der Waals surface area contributed by atoms with Crippen LogP contribution in [-0.4, -0.2) is 31.7 Å². The molecule has 1 amide bonds. The van der Waals surface area contributed by atoms with Gasteiger partial charge in [-0.3, -0.25) is 4.79 Å². The van der Waals surface area contributed by atoms with Crippen LogP contribution in [0.2, 0.25) is 0 Å². The number of nitrogens with one attached hydrogen (secondary N) is 2. The normalized spacial score (nSPS) is 17.4. The number of anilines is 1. The van der Waals surface area contributed by atoms with Crippen molar-refractivity contribution in [2.75, 3.05) is 25.5 Å². The average molecular weight is 289 g/mol. The molecule has 19 heavy (non-hydrogen) atoms. The fourth-order valence-electron chi connectivity index (χ4n) is 2.17. The predicted octanol–water partition coefficient (Wildman–Crippen LogP) is 1.95. The van der Waals surface area contributed by atoms with E-state index < -0.39 is 5.60 Å². The van der Waals surface area contributed by atoms with Crippen LogP contribution < -0.4 is 10.6 Å². The summed E-state index contributed by atoms with van der Waals surface area (Å²) in [5, 5.41) is 5.89. The molecule has 2 N–H and O–H groups in total. The van der Waals surface area contributed by atoms with Crippen molar-refractivity contribution in [2.24, 2.45) is 0 Å². The first-order chi connectivity index (χ1) is 8.66. The van der Waals surface area contributed by atoms with Crippen LogP contribution in [0.4, 0.5) is 10.1 Å². The first-order valence-electron chi connectivity index (χ1n) is 5.99. The Hall–Kier alpha value is -1.17. The van der Waals surface area contributed by atoms with Gasteiger partial charge in [-0.05, 0) is 44.1 Å². The lowest BCUT2D eigenvalue weighted by Gasteiger charge is -2.34. The Morgan fingerprint density at radius 3 is 2.68 bits per heavy atom. The summed E-state index contributed by atoms with van der Waals surface area (Å²) in [4.78, 5) is 12.2. The molecule has 0 unspecified atom stereocenters. The van der Waals surface area contributed by atoms with Crippen molar-refractivity contribution in [3.63, 3.8) is 0 Å². The molecule has 0 spiro atoms. The third-order valence-electron chi connectivity index (χ3n) is 3.30. The Kier molecular flexibility index (Phi) is 5.72. The molecule has 0 aliphatic carbocycles. The minimum absolute atomic E-state index is 0. The highest BCUT2D eigenvalue weighted by Crippen LogP contribution is 2.24. The minimum atomic E-state index is -0.808. The van der Waals surface area contributed by atoms with Gasteiger partial charge in [0.1, 0.15) is 11.4 Å². The molecule has 0 bridgehead atoms. The van der Waals surface area contributed by atoms with Crippen molar-refractivity contribution in [1.82, 2.24) is 5.32 Å². The molecule has 1 aromatic rings. The lowest BCUT2D eigenvalue weighted by molar-refractivity contribution is -0.140. The molecule has 0 saturated carbocycles. The van der Waals surface area contributed by atoms with Crippen LogP contribution >= 0.6 is 12.4 Å². The van der Waals surface area contributed by atoms with Crippen LogP contribution in [0.3, 0.4) is 0 Å². The number of carbonyl (C=O) groups excluding carboxylic acids is 1. The molecule has 4 nitrogen and oxygen atoms in total. The van der Waals surface area contributed by atoms with Crippen LogP contribution in [0.25, 0.3) is 0 Å². The molecular weight excluding hydrogens is 271 g/mol. The number of methoxy groups -OCH3 is 1. The maximum atomic E-state index is 13.0. The summed E-state index contributed by atoms with van der Waals surface area (Å²) in [6, 6.07) is 5.85. The number of amides is 1. The summed E-state index contributed by atoms with van der Waals surface area (Å²) in [7, 11) is 1.54. The van der Waals surface area contributed by atoms with Gasteiger partial charge in [0.15, 0.2) is 0 Å². The van der Waals surface area contributed by atoms with Crippen LogP contribution in [-0.2, 0) is 9.53 Å². The Morgan fingerprint density at radius 2 is 2.11 bits per heavy atom. The van der Waals surface area contributed by atoms with Gasteiger partial charge < -0.3 is 15.4 Å². The van der Waals surface area contributed by atoms with E-state index in [1.165, 1.54) is 19.2 Å². The summed E-state index contributed by atoms with van der Waals surface area (Å²) in [5.41, 5.74) is -0.354. The Morgan fingerprint density at radius 1 is 1.42 bits per heavy atom. The fourth-order valence-corrected chi connectivity index (χ4v) is 2.17. The van der Waals surface area contributed by atoms with E-state index >= 15 is 0 Å². The molecule has 1 aliphatic rings. The van der Waals surface area contributed by atoms with E-state index in [0.717, 1.165) is 13.1 Å². The highest BCUT2D eigenvalue weighted by Gasteiger charge is 2.39. The summed E-state index contributed by atoms with van der Waals surface area (Å²) < 4.78 is 18.4. The van der Waals surface area contributed by atoms with Crippen molar-refractivity contribution in [3.05, 3.63) is 30.1 Å². The Balaban J connectivity index is 0.00000180. The monoisotopic (exact) mass is 288 g/mol. The molecule has 0 radical (unpaired) electrons. The maximum absolute atomic E-state index is 13.0. The second-order valence-corrected chi connectivity index (χ2v) is 4.41. The minimum Gasteiger partial charge on any atom is -0.368 e. The van der Waals surface area contributed by atoms with Gasteiger partial charge in [-0.15, -0.1) is 12.4 Å². The zero-order chi connectivity index (χ0) is 13.0. The van der Waals surface area contributed by atoms with E-state index in [4.69, 9.17) is 4.74 Å². The SMILES string of the molecule is COC1(C(=O)Nc2cccc(F)c2)CCNCC1.Cl. The third kappa shape index (κ3) is 3.65. The molecule has 1 heterocycles. The van der Waals surface area contributed by atoms with Gasteiger partial charge in [0, 0.05) is 12.8 Å². The highest BCUT2D eigenvalue weighted by molar-refractivity contribution is 5.97. The molecule has 2 rings (SSSR count). The summed E-state index contributed by atoms with van der Waals surface area (Å²) in [5.74, 6) is -0.582. The van der Waals surface area contributed by atoms with Crippen molar-refractivity contribution < 1.29 is 13.9 Å². The number of hydrogen-bond donors (Lipinski definition) is 2. The molecule has 106 valence electrons. The number of hydrogen-bond acceptors (Lipinski definition) is 3. The molecular formula is C13H18ClFN2O2. The van der Waals surface area contributed by atoms with Gasteiger partial charge in [0.2, 0.25) is 0 Å². The van der Waals surface area contributed by atoms with Crippen LogP contribution in [0.1, 0.15) is 12.8 Å². The Bertz CT molecular complexity index is 436. The van der Waals surface area contributed by atoms with E-state index in [2.05, 4.69) is 10.6 Å². The standard InChI is InChI=1S/C13H17FN2O2.ClH/c1-18-13(5-7-15-8-6-13)12(17)16-11-4-2-3-10(14)9-11;/h2-4,9,15H,5-8H2,1H3,(H,16,17);1H. The second kappa shape index (κ2) is 6.84. The first-order valence-corrected chi connectivity index (χ1v) is 5.99. The average Bonchev–Trinajstić information content (AvgIpc) is 2.39. The van der Waals surface area contributed by atoms with E-state index in [0.29, 0.717) is 18.5 Å². The number of rotatable bonds is 3. The number of ether oxygens (including phenoxy) is 1. The van der Waals surface area contributed by atoms with Gasteiger partial charge in [-0.2, -0.15) is 0 Å². The van der Waals surface area contributed by atoms with Crippen LogP contribution in [0.5, 0.6) is 0 Å². The van der Waals surface area contributed by atoms with E-state index in [-0.39, 0.29) is 24.1 Å². The smallest absolute Gasteiger partial charge is 0.256 e. The van der Waals surface area contributed by atoms with Gasteiger partial charge in [-0.1, -0.05) is 6.07 Å². The van der Waals surface area contributed by atoms with E-state index in [1.807, 2.05) is 0 Å². The molecule has 0 aromatic heterocycles. The topological polar surface area (TPSA) is 50.4 Å². The molecule has 1 aliphatic heterocycles. The Labute approximate surface area is 118 Å². The third-order valence-corrected chi connectivity index (χ3v) is 3.30. The molecule has 1 fully saturated rings. The van der Waals surface area contributed by atoms with Gasteiger partial charge in [-0.25, -0.2) is 4.39 Å². The lowest BCUT2D eigenvalue weighted by atomic mass is 9.91. The van der Waals surface area contributed by atoms with Gasteiger partial charge in [0.05, 0.1) is 0 Å². The number of halogens is 2. The van der Waals surface area contributed by atoms with Crippen LogP contribution in [0.15, 0.2) is 24.3 Å². The largest absolute Gasteiger partial charge is 0.368 e. The quantitative estimate of drug-likeness (QED) is 0.894. The second-order valence-electron chi connectivity index (χ2n) is 4.41. The lowest BCUT2D eigenvalue weighted by Crippen LogP contribution is -2.51. The van der Waals surface area contributed by atoms with Crippen LogP contribution in [0, 0.1) is 5.82 Å². The summed E-state index contributed by atoms with van der Waals surface area (Å²) >= 11 is 0. The number of benzene rings is 1. The van der Waals surface area contributed by atoms with Gasteiger partial charge in [0.25, 0.3) is 5.91 Å². The molecule has 6 heteroatoms. The maximum Gasteiger partial charge on any atom is 0.256 e. The zero-order valence-corrected chi connectivity index (χ0v) is 11.6. The summed E-state index contributed by atoms with van der Waals surface area (Å²) in [6.07, 6.45) is 1.23. The van der Waals surface area contributed by atoms with Crippen molar-refractivity contribution in [1.29, 1.82) is 0 Å². The molecule has 0 atom stereocenters. The van der Waals surface area contributed by atoms with Crippen molar-refractivity contribution >= 4 is 24.0 Å². The fraction of sp³-hybridized carbons (Fsp3) is 0.462. The zero-order valence-electron chi connectivity index (χ0n) is 10.7. The molecule has 1 aromatic carbocycles. The van der Waals surface area contributed by atoms with E-state index in [1.54, 1.807) is 12.1 Å². The predicted molar refractivity (Wildman–Crippen MR) is 74.1 cm³/mol. The number of carbonyl (C=O) groups is 1. The van der Waals surface area contributed by atoms with E-state index in [9.17, 15) is 9.18 Å². The van der Waals surface area contributed by atoms with Crippen molar-refractivity contribution in [3.8, 4) is 0 Å². The highest BCUT2D eigenvalue weighted by atomic mass is 35.5. The number of piperidine rings is 1. The molecule has 1 saturated heterocycles. The van der Waals surface area contributed by atoms with Crippen molar-refractivity contribution in [2.45, 2.75) is 18.4 Å². The van der Waals surface area contributed by atoms with Gasteiger partial charge >= 0.3 is 0 Å². The summed E-state index contributed by atoms with van der Waals surface area (Å²) in [6.45, 7) is 1.48.